The Morgan fingerprint density at radius 3 is 1.92 bits per heavy atom. The van der Waals surface area contributed by atoms with E-state index in [4.69, 9.17) is 0 Å². The largest absolute Gasteiger partial charge is 0.425 e. The topological polar surface area (TPSA) is 9.23 Å². The first-order valence-corrected chi connectivity index (χ1v) is 3.43. The van der Waals surface area contributed by atoms with Crippen LogP contribution in [0.15, 0.2) is 0 Å². The second-order valence-corrected chi connectivity index (χ2v) is 2.29. The standard InChI is InChI=1S/C6H8F6O/c1-2-3-13-6(11,12)5(9,10)4(7)8/h4H,2-3H2,1H3. The first kappa shape index (κ1) is 12.5. The van der Waals surface area contributed by atoms with Crippen LogP contribution in [0, 0.1) is 0 Å². The fourth-order valence-corrected chi connectivity index (χ4v) is 0.453. The molecule has 0 aromatic heterocycles. The molecular weight excluding hydrogens is 202 g/mol. The highest BCUT2D eigenvalue weighted by Gasteiger charge is 2.64. The summed E-state index contributed by atoms with van der Waals surface area (Å²) in [6.07, 6.45) is -9.52. The van der Waals surface area contributed by atoms with E-state index >= 15 is 0 Å². The predicted octanol–water partition coefficient (Wildman–Crippen LogP) is 2.91. The lowest BCUT2D eigenvalue weighted by molar-refractivity contribution is -0.373. The molecule has 0 rings (SSSR count). The summed E-state index contributed by atoms with van der Waals surface area (Å²) >= 11 is 0. The van der Waals surface area contributed by atoms with Crippen molar-refractivity contribution in [2.24, 2.45) is 0 Å². The Labute approximate surface area is 70.7 Å². The van der Waals surface area contributed by atoms with Crippen LogP contribution in [0.25, 0.3) is 0 Å². The number of hydrogen-bond acceptors (Lipinski definition) is 1. The molecule has 0 aliphatic carbocycles. The second kappa shape index (κ2) is 4.17. The second-order valence-electron chi connectivity index (χ2n) is 2.29. The zero-order valence-corrected chi connectivity index (χ0v) is 6.67. The van der Waals surface area contributed by atoms with Gasteiger partial charge in [-0.2, -0.15) is 17.6 Å². The molecule has 0 saturated carbocycles. The Balaban J connectivity index is 4.41. The fraction of sp³-hybridized carbons (Fsp3) is 1.00. The maximum absolute atomic E-state index is 12.2. The molecule has 0 aliphatic rings. The van der Waals surface area contributed by atoms with E-state index in [0.717, 1.165) is 0 Å². The van der Waals surface area contributed by atoms with Crippen molar-refractivity contribution < 1.29 is 31.1 Å². The summed E-state index contributed by atoms with van der Waals surface area (Å²) < 4.78 is 74.6. The lowest BCUT2D eigenvalue weighted by atomic mass is 10.3. The van der Waals surface area contributed by atoms with Gasteiger partial charge in [0, 0.05) is 0 Å². The number of rotatable bonds is 5. The quantitative estimate of drug-likeness (QED) is 0.634. The molecule has 0 spiro atoms. The minimum Gasteiger partial charge on any atom is -0.316 e. The maximum Gasteiger partial charge on any atom is 0.425 e. The summed E-state index contributed by atoms with van der Waals surface area (Å²) in [5.41, 5.74) is 0. The van der Waals surface area contributed by atoms with E-state index in [2.05, 4.69) is 4.74 Å². The third-order valence-electron chi connectivity index (χ3n) is 1.15. The van der Waals surface area contributed by atoms with Crippen LogP contribution in [0.5, 0.6) is 0 Å². The van der Waals surface area contributed by atoms with Crippen LogP contribution >= 0.6 is 0 Å². The van der Waals surface area contributed by atoms with Gasteiger partial charge in [-0.25, -0.2) is 8.78 Å². The third kappa shape index (κ3) is 2.75. The van der Waals surface area contributed by atoms with Gasteiger partial charge in [-0.3, -0.25) is 0 Å². The summed E-state index contributed by atoms with van der Waals surface area (Å²) in [4.78, 5) is 0. The van der Waals surface area contributed by atoms with Gasteiger partial charge >= 0.3 is 18.5 Å². The molecule has 0 aromatic carbocycles. The van der Waals surface area contributed by atoms with Gasteiger partial charge < -0.3 is 4.74 Å². The number of hydrogen-bond donors (Lipinski definition) is 0. The van der Waals surface area contributed by atoms with E-state index in [0.29, 0.717) is 0 Å². The van der Waals surface area contributed by atoms with Crippen molar-refractivity contribution >= 4 is 0 Å². The molecule has 7 heteroatoms. The van der Waals surface area contributed by atoms with Crippen LogP contribution in [0.3, 0.4) is 0 Å². The first-order valence-electron chi connectivity index (χ1n) is 3.43. The van der Waals surface area contributed by atoms with Crippen molar-refractivity contribution in [1.29, 1.82) is 0 Å². The molecule has 13 heavy (non-hydrogen) atoms. The number of halogens is 6. The highest BCUT2D eigenvalue weighted by Crippen LogP contribution is 2.39. The molecule has 0 unspecified atom stereocenters. The van der Waals surface area contributed by atoms with E-state index in [1.54, 1.807) is 0 Å². The van der Waals surface area contributed by atoms with Gasteiger partial charge in [-0.05, 0) is 6.42 Å². The van der Waals surface area contributed by atoms with Crippen LogP contribution < -0.4 is 0 Å². The SMILES string of the molecule is CCCOC(F)(F)C(F)(F)C(F)F. The Morgan fingerprint density at radius 1 is 1.15 bits per heavy atom. The van der Waals surface area contributed by atoms with Crippen molar-refractivity contribution in [3.05, 3.63) is 0 Å². The van der Waals surface area contributed by atoms with Gasteiger partial charge in [0.15, 0.2) is 0 Å². The average molecular weight is 210 g/mol. The van der Waals surface area contributed by atoms with E-state index in [9.17, 15) is 26.3 Å². The summed E-state index contributed by atoms with van der Waals surface area (Å²) in [6, 6.07) is 0. The highest BCUT2D eigenvalue weighted by atomic mass is 19.3. The van der Waals surface area contributed by atoms with Crippen molar-refractivity contribution in [1.82, 2.24) is 0 Å². The Morgan fingerprint density at radius 2 is 1.62 bits per heavy atom. The van der Waals surface area contributed by atoms with Crippen molar-refractivity contribution in [2.75, 3.05) is 6.61 Å². The Kier molecular flexibility index (Phi) is 4.02. The van der Waals surface area contributed by atoms with Gasteiger partial charge in [0.2, 0.25) is 0 Å². The molecule has 0 heterocycles. The van der Waals surface area contributed by atoms with Gasteiger partial charge in [0.1, 0.15) is 0 Å². The lowest BCUT2D eigenvalue weighted by Gasteiger charge is -2.24. The molecule has 0 atom stereocenters. The third-order valence-corrected chi connectivity index (χ3v) is 1.15. The zero-order valence-electron chi connectivity index (χ0n) is 6.67. The summed E-state index contributed by atoms with van der Waals surface area (Å²) in [6.45, 7) is 0.686. The minimum absolute atomic E-state index is 0.0366. The minimum atomic E-state index is -5.44. The summed E-state index contributed by atoms with van der Waals surface area (Å²) in [5, 5.41) is 0. The first-order chi connectivity index (χ1) is 5.75. The molecule has 0 saturated heterocycles. The van der Waals surface area contributed by atoms with E-state index < -0.39 is 25.1 Å². The van der Waals surface area contributed by atoms with Crippen LogP contribution in [0.1, 0.15) is 13.3 Å². The summed E-state index contributed by atoms with van der Waals surface area (Å²) in [7, 11) is 0. The molecule has 0 amide bonds. The van der Waals surface area contributed by atoms with Crippen LogP contribution in [0.2, 0.25) is 0 Å². The van der Waals surface area contributed by atoms with Crippen LogP contribution in [0.4, 0.5) is 26.3 Å². The van der Waals surface area contributed by atoms with E-state index in [-0.39, 0.29) is 6.42 Å². The molecule has 1 nitrogen and oxygen atoms in total. The zero-order chi connectivity index (χ0) is 10.7. The highest BCUT2D eigenvalue weighted by molar-refractivity contribution is 4.79. The van der Waals surface area contributed by atoms with Gasteiger partial charge in [0.25, 0.3) is 0 Å². The normalized spacial score (nSPS) is 13.8. The number of alkyl halides is 6. The summed E-state index contributed by atoms with van der Waals surface area (Å²) in [5.74, 6) is -5.44. The molecular formula is C6H8F6O. The van der Waals surface area contributed by atoms with E-state index in [1.807, 2.05) is 0 Å². The fourth-order valence-electron chi connectivity index (χ4n) is 0.453. The molecule has 0 fully saturated rings. The lowest BCUT2D eigenvalue weighted by Crippen LogP contribution is -2.48. The molecule has 0 N–H and O–H groups in total. The maximum atomic E-state index is 12.2. The van der Waals surface area contributed by atoms with Crippen LogP contribution in [-0.2, 0) is 4.74 Å². The Bertz CT molecular complexity index is 157. The molecule has 0 radical (unpaired) electrons. The Hall–Kier alpha value is -0.460. The monoisotopic (exact) mass is 210 g/mol. The van der Waals surface area contributed by atoms with Crippen molar-refractivity contribution in [3.63, 3.8) is 0 Å². The molecule has 0 aromatic rings. The number of ether oxygens (including phenoxy) is 1. The average Bonchev–Trinajstić information content (AvgIpc) is 2.00. The smallest absolute Gasteiger partial charge is 0.316 e. The van der Waals surface area contributed by atoms with Crippen LogP contribution in [-0.4, -0.2) is 25.1 Å². The van der Waals surface area contributed by atoms with E-state index in [1.165, 1.54) is 6.92 Å². The van der Waals surface area contributed by atoms with Gasteiger partial charge in [-0.1, -0.05) is 6.92 Å². The van der Waals surface area contributed by atoms with Crippen molar-refractivity contribution in [2.45, 2.75) is 31.8 Å². The molecule has 0 bridgehead atoms. The predicted molar refractivity (Wildman–Crippen MR) is 32.1 cm³/mol. The van der Waals surface area contributed by atoms with Gasteiger partial charge in [0.05, 0.1) is 6.61 Å². The molecule has 80 valence electrons. The van der Waals surface area contributed by atoms with Crippen molar-refractivity contribution in [3.8, 4) is 0 Å². The molecule has 0 aliphatic heterocycles. The van der Waals surface area contributed by atoms with Gasteiger partial charge in [-0.15, -0.1) is 0 Å².